The van der Waals surface area contributed by atoms with Crippen molar-refractivity contribution in [3.05, 3.63) is 65.2 Å². The maximum absolute atomic E-state index is 14.7. The van der Waals surface area contributed by atoms with Gasteiger partial charge in [-0.05, 0) is 35.9 Å². The number of nitriles is 1. The topological polar surface area (TPSA) is 94.0 Å². The van der Waals surface area contributed by atoms with Crippen molar-refractivity contribution < 1.29 is 27.1 Å². The molecule has 2 N–H and O–H groups in total. The number of H-pyrrole nitrogens is 1. The number of carbonyl (C=O) groups excluding carboxylic acids is 1. The predicted octanol–water partition coefficient (Wildman–Crippen LogP) is 4.20. The first kappa shape index (κ1) is 22.3. The number of aromatic nitrogens is 2. The van der Waals surface area contributed by atoms with Gasteiger partial charge >= 0.3 is 6.18 Å². The Balaban J connectivity index is 1.66. The maximum Gasteiger partial charge on any atom is 0.435 e. The Labute approximate surface area is 185 Å². The molecule has 0 bridgehead atoms. The van der Waals surface area contributed by atoms with E-state index < -0.39 is 34.9 Å². The van der Waals surface area contributed by atoms with Gasteiger partial charge in [-0.2, -0.15) is 23.5 Å². The molecule has 1 aliphatic heterocycles. The minimum atomic E-state index is -4.86. The average Bonchev–Trinajstić information content (AvgIpc) is 3.27. The van der Waals surface area contributed by atoms with E-state index in [-0.39, 0.29) is 16.8 Å². The zero-order valence-electron chi connectivity index (χ0n) is 17.0. The van der Waals surface area contributed by atoms with Crippen LogP contribution in [0.4, 0.5) is 28.9 Å². The number of benzene rings is 2. The number of carbonyl (C=O) groups is 1. The summed E-state index contributed by atoms with van der Waals surface area (Å²) in [6.07, 6.45) is -4.86. The molecule has 0 saturated carbocycles. The van der Waals surface area contributed by atoms with Gasteiger partial charge in [0.1, 0.15) is 11.5 Å². The molecule has 3 aromatic rings. The fourth-order valence-corrected chi connectivity index (χ4v) is 3.55. The van der Waals surface area contributed by atoms with E-state index in [1.165, 1.54) is 36.4 Å². The van der Waals surface area contributed by atoms with E-state index in [0.29, 0.717) is 32.0 Å². The molecule has 170 valence electrons. The molecule has 7 nitrogen and oxygen atoms in total. The Hall–Kier alpha value is -3.91. The third-order valence-electron chi connectivity index (χ3n) is 5.12. The van der Waals surface area contributed by atoms with Crippen molar-refractivity contribution in [3.8, 4) is 17.2 Å². The lowest BCUT2D eigenvalue weighted by Gasteiger charge is -2.29. The smallest absolute Gasteiger partial charge is 0.378 e. The first-order chi connectivity index (χ1) is 15.8. The van der Waals surface area contributed by atoms with Crippen molar-refractivity contribution >= 4 is 17.3 Å². The van der Waals surface area contributed by atoms with Gasteiger partial charge in [0, 0.05) is 24.3 Å². The molecule has 2 heterocycles. The molecule has 0 aliphatic carbocycles. The second-order valence-corrected chi connectivity index (χ2v) is 7.23. The summed E-state index contributed by atoms with van der Waals surface area (Å²) in [5.74, 6) is -1.75. The quantitative estimate of drug-likeness (QED) is 0.571. The summed E-state index contributed by atoms with van der Waals surface area (Å²) in [7, 11) is 0. The zero-order valence-corrected chi connectivity index (χ0v) is 17.0. The third-order valence-corrected chi connectivity index (χ3v) is 5.12. The molecule has 1 amide bonds. The van der Waals surface area contributed by atoms with Crippen LogP contribution >= 0.6 is 0 Å². The largest absolute Gasteiger partial charge is 0.435 e. The van der Waals surface area contributed by atoms with Gasteiger partial charge < -0.3 is 15.0 Å². The van der Waals surface area contributed by atoms with Crippen LogP contribution in [0.15, 0.2) is 42.5 Å². The van der Waals surface area contributed by atoms with Crippen molar-refractivity contribution in [2.75, 3.05) is 36.5 Å². The van der Waals surface area contributed by atoms with Crippen LogP contribution < -0.4 is 10.2 Å². The fraction of sp³-hybridized carbons (Fsp3) is 0.227. The van der Waals surface area contributed by atoms with Crippen molar-refractivity contribution in [2.45, 2.75) is 6.18 Å². The van der Waals surface area contributed by atoms with E-state index in [0.717, 1.165) is 0 Å². The number of anilines is 2. The molecule has 0 atom stereocenters. The molecule has 1 saturated heterocycles. The number of alkyl halides is 3. The number of nitrogens with one attached hydrogen (secondary N) is 2. The van der Waals surface area contributed by atoms with E-state index in [4.69, 9.17) is 10.00 Å². The van der Waals surface area contributed by atoms with Crippen molar-refractivity contribution in [1.82, 2.24) is 10.2 Å². The van der Waals surface area contributed by atoms with Crippen molar-refractivity contribution in [3.63, 3.8) is 0 Å². The lowest BCUT2D eigenvalue weighted by atomic mass is 10.00. The second-order valence-electron chi connectivity index (χ2n) is 7.23. The number of halogens is 4. The summed E-state index contributed by atoms with van der Waals surface area (Å²) in [6, 6.07) is 11.4. The molecular weight excluding hydrogens is 442 g/mol. The van der Waals surface area contributed by atoms with Gasteiger partial charge in [0.2, 0.25) is 0 Å². The number of hydrogen-bond acceptors (Lipinski definition) is 5. The summed E-state index contributed by atoms with van der Waals surface area (Å²) < 4.78 is 60.6. The highest BCUT2D eigenvalue weighted by Gasteiger charge is 2.39. The minimum absolute atomic E-state index is 0.0246. The number of hydrogen-bond donors (Lipinski definition) is 2. The van der Waals surface area contributed by atoms with Crippen LogP contribution in [-0.4, -0.2) is 42.4 Å². The Morgan fingerprint density at radius 1 is 1.18 bits per heavy atom. The molecule has 33 heavy (non-hydrogen) atoms. The first-order valence-corrected chi connectivity index (χ1v) is 9.87. The van der Waals surface area contributed by atoms with Crippen LogP contribution in [0.1, 0.15) is 21.7 Å². The average molecular weight is 459 g/mol. The Kier molecular flexibility index (Phi) is 6.02. The first-order valence-electron chi connectivity index (χ1n) is 9.87. The number of nitrogens with zero attached hydrogens (tertiary/aromatic N) is 3. The van der Waals surface area contributed by atoms with E-state index >= 15 is 0 Å². The van der Waals surface area contributed by atoms with Crippen LogP contribution in [0.25, 0.3) is 11.1 Å². The summed E-state index contributed by atoms with van der Waals surface area (Å²) in [4.78, 5) is 14.8. The minimum Gasteiger partial charge on any atom is -0.378 e. The van der Waals surface area contributed by atoms with Gasteiger partial charge in [-0.15, -0.1) is 0 Å². The van der Waals surface area contributed by atoms with Crippen LogP contribution in [0, 0.1) is 17.1 Å². The number of ether oxygens (including phenoxy) is 1. The zero-order chi connectivity index (χ0) is 23.6. The second kappa shape index (κ2) is 8.91. The maximum atomic E-state index is 14.7. The molecule has 2 aromatic carbocycles. The number of amides is 1. The Morgan fingerprint density at radius 3 is 2.61 bits per heavy atom. The standard InChI is InChI=1S/C22H17F4N5O2/c23-16-11-15(31-6-8-33-9-7-31)4-5-17(16)28-21(32)19-18(20(30-29-19)22(24,25)26)14-3-1-2-13(10-14)12-27/h1-5,10-11H,6-9H2,(H,28,32)(H,29,30). The fourth-order valence-electron chi connectivity index (χ4n) is 3.55. The van der Waals surface area contributed by atoms with Crippen LogP contribution in [0.5, 0.6) is 0 Å². The predicted molar refractivity (Wildman–Crippen MR) is 111 cm³/mol. The summed E-state index contributed by atoms with van der Waals surface area (Å²) in [5, 5.41) is 16.8. The van der Waals surface area contributed by atoms with Gasteiger partial charge in [0.05, 0.1) is 30.5 Å². The molecule has 1 aromatic heterocycles. The van der Waals surface area contributed by atoms with Crippen LogP contribution in [-0.2, 0) is 10.9 Å². The highest BCUT2D eigenvalue weighted by atomic mass is 19.4. The lowest BCUT2D eigenvalue weighted by molar-refractivity contribution is -0.140. The van der Waals surface area contributed by atoms with Crippen molar-refractivity contribution in [2.24, 2.45) is 0 Å². The molecule has 11 heteroatoms. The summed E-state index contributed by atoms with van der Waals surface area (Å²) in [5.41, 5.74) is -1.86. The molecule has 0 unspecified atom stereocenters. The van der Waals surface area contributed by atoms with E-state index in [1.54, 1.807) is 6.07 Å². The number of aromatic amines is 1. The third kappa shape index (κ3) is 4.65. The number of morpholine rings is 1. The van der Waals surface area contributed by atoms with Gasteiger partial charge in [0.25, 0.3) is 5.91 Å². The monoisotopic (exact) mass is 459 g/mol. The highest BCUT2D eigenvalue weighted by molar-refractivity contribution is 6.07. The van der Waals surface area contributed by atoms with Gasteiger partial charge in [-0.3, -0.25) is 9.89 Å². The van der Waals surface area contributed by atoms with E-state index in [1.807, 2.05) is 11.0 Å². The molecular formula is C22H17F4N5O2. The Morgan fingerprint density at radius 2 is 1.94 bits per heavy atom. The van der Waals surface area contributed by atoms with Crippen LogP contribution in [0.3, 0.4) is 0 Å². The molecule has 4 rings (SSSR count). The molecule has 0 radical (unpaired) electrons. The normalized spacial score (nSPS) is 14.1. The summed E-state index contributed by atoms with van der Waals surface area (Å²) in [6.45, 7) is 2.20. The highest BCUT2D eigenvalue weighted by Crippen LogP contribution is 2.38. The van der Waals surface area contributed by atoms with Gasteiger partial charge in [-0.1, -0.05) is 12.1 Å². The summed E-state index contributed by atoms with van der Waals surface area (Å²) >= 11 is 0. The SMILES string of the molecule is N#Cc1cccc(-c2c(C(F)(F)F)n[nH]c2C(=O)Nc2ccc(N3CCOCC3)cc2F)c1. The Bertz CT molecular complexity index is 1230. The van der Waals surface area contributed by atoms with Crippen molar-refractivity contribution in [1.29, 1.82) is 5.26 Å². The van der Waals surface area contributed by atoms with Gasteiger partial charge in [0.15, 0.2) is 5.69 Å². The number of rotatable bonds is 4. The molecule has 1 fully saturated rings. The van der Waals surface area contributed by atoms with E-state index in [9.17, 15) is 22.4 Å². The van der Waals surface area contributed by atoms with Gasteiger partial charge in [-0.25, -0.2) is 4.39 Å². The lowest BCUT2D eigenvalue weighted by Crippen LogP contribution is -2.36. The van der Waals surface area contributed by atoms with Crippen LogP contribution in [0.2, 0.25) is 0 Å². The molecule has 0 spiro atoms. The molecule has 1 aliphatic rings. The van der Waals surface area contributed by atoms with E-state index in [2.05, 4.69) is 15.5 Å².